The lowest BCUT2D eigenvalue weighted by Gasteiger charge is -2.31. The highest BCUT2D eigenvalue weighted by atomic mass is 19.1. The Labute approximate surface area is 184 Å². The molecule has 4 aliphatic rings. The topological polar surface area (TPSA) is 65.5 Å². The number of ether oxygens (including phenoxy) is 1. The van der Waals surface area contributed by atoms with Gasteiger partial charge in [0.1, 0.15) is 17.5 Å². The number of hydrogen-bond acceptors (Lipinski definition) is 7. The van der Waals surface area contributed by atoms with Gasteiger partial charge in [0.05, 0.1) is 64.7 Å². The molecule has 2 aromatic heterocycles. The van der Waals surface area contributed by atoms with E-state index in [0.29, 0.717) is 35.4 Å². The molecule has 0 saturated carbocycles. The molecule has 7 nitrogen and oxygen atoms in total. The summed E-state index contributed by atoms with van der Waals surface area (Å²) in [6.07, 6.45) is 3.55. The minimum atomic E-state index is -0.533. The molecule has 0 atom stereocenters. The number of hydrogen-bond donors (Lipinski definition) is 2. The fraction of sp³-hybridized carbons (Fsp3) is 0.391. The molecule has 4 heterocycles. The number of benzene rings is 1. The Balaban J connectivity index is 1.44. The number of nitrogens with zero attached hydrogens (tertiary/aromatic N) is 4. The van der Waals surface area contributed by atoms with E-state index in [1.807, 2.05) is 19.2 Å². The van der Waals surface area contributed by atoms with Crippen molar-refractivity contribution in [3.63, 3.8) is 0 Å². The fourth-order valence-electron chi connectivity index (χ4n) is 4.75. The van der Waals surface area contributed by atoms with Gasteiger partial charge < -0.3 is 25.2 Å². The number of piperazine rings is 1. The van der Waals surface area contributed by atoms with Gasteiger partial charge in [-0.05, 0) is 13.0 Å². The number of morpholine rings is 1. The molecule has 2 saturated heterocycles. The highest BCUT2D eigenvalue weighted by Gasteiger charge is 2.38. The third-order valence-corrected chi connectivity index (χ3v) is 6.50. The van der Waals surface area contributed by atoms with Crippen molar-refractivity contribution in [3.05, 3.63) is 35.7 Å². The quantitative estimate of drug-likeness (QED) is 0.507. The van der Waals surface area contributed by atoms with Crippen LogP contribution in [0.4, 0.5) is 31.7 Å². The van der Waals surface area contributed by atoms with Gasteiger partial charge in [-0.15, -0.1) is 0 Å². The normalized spacial score (nSPS) is 17.7. The van der Waals surface area contributed by atoms with Crippen LogP contribution < -0.4 is 20.4 Å². The second-order valence-corrected chi connectivity index (χ2v) is 8.43. The first-order valence-electron chi connectivity index (χ1n) is 11.0. The van der Waals surface area contributed by atoms with Crippen molar-refractivity contribution >= 4 is 33.8 Å². The summed E-state index contributed by atoms with van der Waals surface area (Å²) >= 11 is 0. The molecule has 6 rings (SSSR count). The molecule has 2 N–H and O–H groups in total. The molecule has 0 amide bonds. The predicted octanol–water partition coefficient (Wildman–Crippen LogP) is 3.19. The minimum absolute atomic E-state index is 0.0765. The van der Waals surface area contributed by atoms with Gasteiger partial charge in [0, 0.05) is 44.8 Å². The van der Waals surface area contributed by atoms with Crippen LogP contribution >= 0.6 is 0 Å². The number of pyridine rings is 2. The van der Waals surface area contributed by atoms with Gasteiger partial charge in [0.15, 0.2) is 0 Å². The van der Waals surface area contributed by atoms with Gasteiger partial charge in [-0.2, -0.15) is 0 Å². The average molecular weight is 438 g/mol. The third-order valence-electron chi connectivity index (χ3n) is 6.50. The largest absolute Gasteiger partial charge is 0.378 e. The van der Waals surface area contributed by atoms with E-state index in [1.54, 1.807) is 6.20 Å². The van der Waals surface area contributed by atoms with Crippen LogP contribution in [0.5, 0.6) is 0 Å². The zero-order valence-electron chi connectivity index (χ0n) is 17.8. The summed E-state index contributed by atoms with van der Waals surface area (Å²) in [6, 6.07) is 2.01. The Hall–Kier alpha value is -3.04. The number of rotatable bonds is 4. The van der Waals surface area contributed by atoms with E-state index in [9.17, 15) is 4.39 Å². The monoisotopic (exact) mass is 438 g/mol. The van der Waals surface area contributed by atoms with Gasteiger partial charge in [-0.3, -0.25) is 4.98 Å². The zero-order valence-corrected chi connectivity index (χ0v) is 17.8. The van der Waals surface area contributed by atoms with E-state index in [2.05, 4.69) is 25.4 Å². The molecule has 9 heteroatoms. The zero-order chi connectivity index (χ0) is 21.8. The van der Waals surface area contributed by atoms with Crippen molar-refractivity contribution < 1.29 is 13.5 Å². The van der Waals surface area contributed by atoms with Gasteiger partial charge >= 0.3 is 0 Å². The van der Waals surface area contributed by atoms with E-state index in [-0.39, 0.29) is 5.56 Å². The van der Waals surface area contributed by atoms with Crippen molar-refractivity contribution in [2.24, 2.45) is 0 Å². The maximum absolute atomic E-state index is 15.1. The van der Waals surface area contributed by atoms with Crippen LogP contribution in [0, 0.1) is 18.6 Å². The molecule has 0 unspecified atom stereocenters. The summed E-state index contributed by atoms with van der Waals surface area (Å²) in [6.45, 7) is 8.20. The van der Waals surface area contributed by atoms with E-state index >= 15 is 4.39 Å². The van der Waals surface area contributed by atoms with Crippen molar-refractivity contribution in [1.29, 1.82) is 0 Å². The Morgan fingerprint density at radius 2 is 1.78 bits per heavy atom. The number of aromatic nitrogens is 2. The van der Waals surface area contributed by atoms with Gasteiger partial charge in [-0.25, -0.2) is 13.8 Å². The standard InChI is InChI=1S/C23H24F2N6O/c1-13-21(28-14-10-15(12-27-11-14)30-6-8-32-9-7-30)18-20(25)16-17(19(16)24)22(18)29-23(13)31-4-2-26-3-5-31/h10-12,26H,2-9H2,1H3,(H,28,29). The Morgan fingerprint density at radius 1 is 1.00 bits per heavy atom. The maximum Gasteiger partial charge on any atom is 0.145 e. The van der Waals surface area contributed by atoms with Crippen LogP contribution in [0.15, 0.2) is 18.5 Å². The predicted molar refractivity (Wildman–Crippen MR) is 121 cm³/mol. The van der Waals surface area contributed by atoms with Crippen molar-refractivity contribution in [2.75, 3.05) is 67.6 Å². The number of anilines is 4. The molecule has 32 heavy (non-hydrogen) atoms. The van der Waals surface area contributed by atoms with Crippen molar-refractivity contribution in [3.8, 4) is 11.1 Å². The second-order valence-electron chi connectivity index (χ2n) is 8.43. The molecule has 0 spiro atoms. The van der Waals surface area contributed by atoms with Crippen LogP contribution in [0.1, 0.15) is 5.56 Å². The summed E-state index contributed by atoms with van der Waals surface area (Å²) < 4.78 is 34.7. The summed E-state index contributed by atoms with van der Waals surface area (Å²) in [5.41, 5.74) is 4.00. The Bertz CT molecular complexity index is 1220. The first-order valence-corrected chi connectivity index (χ1v) is 11.0. The summed E-state index contributed by atoms with van der Waals surface area (Å²) in [7, 11) is 0. The first kappa shape index (κ1) is 19.6. The molecule has 166 valence electrons. The van der Waals surface area contributed by atoms with Crippen LogP contribution in [0.25, 0.3) is 22.0 Å². The first-order chi connectivity index (χ1) is 15.6. The van der Waals surface area contributed by atoms with Crippen molar-refractivity contribution in [1.82, 2.24) is 15.3 Å². The lowest BCUT2D eigenvalue weighted by molar-refractivity contribution is 0.122. The number of halogens is 2. The fourth-order valence-corrected chi connectivity index (χ4v) is 4.75. The smallest absolute Gasteiger partial charge is 0.145 e. The van der Waals surface area contributed by atoms with Crippen LogP contribution in [-0.2, 0) is 4.74 Å². The van der Waals surface area contributed by atoms with Gasteiger partial charge in [0.2, 0.25) is 0 Å². The lowest BCUT2D eigenvalue weighted by atomic mass is 10.1. The molecule has 0 aromatic carbocycles. The van der Waals surface area contributed by atoms with Gasteiger partial charge in [0.25, 0.3) is 0 Å². The summed E-state index contributed by atoms with van der Waals surface area (Å²) in [4.78, 5) is 13.5. The van der Waals surface area contributed by atoms with Crippen LogP contribution in [0.3, 0.4) is 0 Å². The van der Waals surface area contributed by atoms with Crippen molar-refractivity contribution in [2.45, 2.75) is 6.92 Å². The average Bonchev–Trinajstić information content (AvgIpc) is 3.41. The maximum atomic E-state index is 15.1. The summed E-state index contributed by atoms with van der Waals surface area (Å²) in [5.74, 6) is -0.236. The highest BCUT2D eigenvalue weighted by Crippen LogP contribution is 2.53. The molecule has 2 aromatic rings. The molecule has 2 aliphatic heterocycles. The lowest BCUT2D eigenvalue weighted by Crippen LogP contribution is -2.44. The molecule has 0 bridgehead atoms. The second kappa shape index (κ2) is 7.53. The summed E-state index contributed by atoms with van der Waals surface area (Å²) in [5, 5.41) is 7.08. The molecule has 2 fully saturated rings. The minimum Gasteiger partial charge on any atom is -0.378 e. The molecule has 0 radical (unpaired) electrons. The number of fused-ring (bicyclic) bond motifs is 3. The molecular weight excluding hydrogens is 414 g/mol. The van der Waals surface area contributed by atoms with E-state index in [1.165, 1.54) is 0 Å². The van der Waals surface area contributed by atoms with Crippen LogP contribution in [0.2, 0.25) is 0 Å². The molecule has 2 aliphatic carbocycles. The highest BCUT2D eigenvalue weighted by molar-refractivity contribution is 6.14. The van der Waals surface area contributed by atoms with E-state index in [0.717, 1.165) is 62.0 Å². The Kier molecular flexibility index (Phi) is 4.62. The molecular formula is C23H24F2N6O. The number of nitrogens with one attached hydrogen (secondary N) is 2. The van der Waals surface area contributed by atoms with E-state index < -0.39 is 11.6 Å². The van der Waals surface area contributed by atoms with E-state index in [4.69, 9.17) is 9.72 Å². The Morgan fingerprint density at radius 3 is 2.56 bits per heavy atom. The van der Waals surface area contributed by atoms with Crippen LogP contribution in [-0.4, -0.2) is 62.5 Å². The van der Waals surface area contributed by atoms with Gasteiger partial charge in [-0.1, -0.05) is 0 Å². The SMILES string of the molecule is Cc1c(N2CCNCC2)nc2c3c(F)c-3c(F)c2c1Nc1cncc(N2CCOCC2)c1. The third kappa shape index (κ3) is 3.07.